The van der Waals surface area contributed by atoms with E-state index < -0.39 is 11.4 Å². The second-order valence-corrected chi connectivity index (χ2v) is 9.07. The number of nitrogens with one attached hydrogen (secondary N) is 2. The maximum absolute atomic E-state index is 13.1. The van der Waals surface area contributed by atoms with Gasteiger partial charge in [0, 0.05) is 26.2 Å². The van der Waals surface area contributed by atoms with Crippen LogP contribution < -0.4 is 20.1 Å². The Balaban J connectivity index is 1.40. The highest BCUT2D eigenvalue weighted by Gasteiger charge is 2.46. The van der Waals surface area contributed by atoms with Crippen molar-refractivity contribution in [2.75, 3.05) is 27.8 Å². The fraction of sp³-hybridized carbons (Fsp3) is 0.333. The van der Waals surface area contributed by atoms with Crippen LogP contribution in [0.15, 0.2) is 54.6 Å². The predicted octanol–water partition coefficient (Wildman–Crippen LogP) is 2.03. The lowest BCUT2D eigenvalue weighted by Gasteiger charge is -2.40. The number of carbonyl (C=O) groups excluding carboxylic acids is 3. The zero-order valence-corrected chi connectivity index (χ0v) is 21.4. The van der Waals surface area contributed by atoms with Gasteiger partial charge in [-0.1, -0.05) is 36.4 Å². The minimum atomic E-state index is -1.16. The molecule has 0 aliphatic carbocycles. The first-order valence-electron chi connectivity index (χ1n) is 11.9. The molecule has 2 heterocycles. The molecule has 1 aliphatic rings. The van der Waals surface area contributed by atoms with Gasteiger partial charge >= 0.3 is 0 Å². The van der Waals surface area contributed by atoms with Gasteiger partial charge in [-0.25, -0.2) is 0 Å². The fourth-order valence-corrected chi connectivity index (χ4v) is 4.25. The second kappa shape index (κ2) is 10.7. The van der Waals surface area contributed by atoms with Crippen LogP contribution in [0.2, 0.25) is 0 Å². The number of hydrogen-bond acceptors (Lipinski definition) is 6. The lowest BCUT2D eigenvalue weighted by molar-refractivity contribution is -0.132. The van der Waals surface area contributed by atoms with Crippen molar-refractivity contribution in [1.29, 1.82) is 0 Å². The molecule has 2 N–H and O–H groups in total. The summed E-state index contributed by atoms with van der Waals surface area (Å²) >= 11 is 0. The van der Waals surface area contributed by atoms with E-state index in [1.54, 1.807) is 28.2 Å². The number of methoxy groups -OCH3 is 2. The van der Waals surface area contributed by atoms with Gasteiger partial charge < -0.3 is 25.0 Å². The smallest absolute Gasteiger partial charge is 0.272 e. The van der Waals surface area contributed by atoms with Crippen molar-refractivity contribution in [3.8, 4) is 11.5 Å². The zero-order valence-electron chi connectivity index (χ0n) is 21.4. The van der Waals surface area contributed by atoms with E-state index in [1.165, 1.54) is 15.6 Å². The third-order valence-corrected chi connectivity index (χ3v) is 6.67. The molecule has 0 radical (unpaired) electrons. The number of fused-ring (bicyclic) bond motifs is 1. The van der Waals surface area contributed by atoms with Gasteiger partial charge in [-0.2, -0.15) is 5.10 Å². The van der Waals surface area contributed by atoms with Gasteiger partial charge in [0.15, 0.2) is 17.2 Å². The van der Waals surface area contributed by atoms with E-state index in [0.29, 0.717) is 31.0 Å². The molecule has 0 saturated heterocycles. The number of benzene rings is 2. The van der Waals surface area contributed by atoms with Gasteiger partial charge in [-0.3, -0.25) is 19.1 Å². The highest BCUT2D eigenvalue weighted by atomic mass is 16.5. The zero-order chi connectivity index (χ0) is 26.6. The largest absolute Gasteiger partial charge is 0.493 e. The first-order chi connectivity index (χ1) is 17.8. The van der Waals surface area contributed by atoms with Crippen molar-refractivity contribution in [3.63, 3.8) is 0 Å². The average molecular weight is 506 g/mol. The van der Waals surface area contributed by atoms with E-state index in [4.69, 9.17) is 9.47 Å². The Bertz CT molecular complexity index is 1310. The molecule has 1 aromatic heterocycles. The van der Waals surface area contributed by atoms with E-state index in [9.17, 15) is 14.4 Å². The fourth-order valence-electron chi connectivity index (χ4n) is 4.25. The third kappa shape index (κ3) is 5.28. The van der Waals surface area contributed by atoms with Crippen molar-refractivity contribution in [3.05, 3.63) is 77.1 Å². The highest BCUT2D eigenvalue weighted by Crippen LogP contribution is 2.28. The molecule has 2 aromatic carbocycles. The maximum atomic E-state index is 13.1. The molecule has 1 aliphatic heterocycles. The lowest BCUT2D eigenvalue weighted by Crippen LogP contribution is -2.62. The monoisotopic (exact) mass is 505 g/mol. The molecular weight excluding hydrogens is 474 g/mol. The van der Waals surface area contributed by atoms with Gasteiger partial charge in [-0.05, 0) is 36.6 Å². The molecule has 0 fully saturated rings. The number of hydrogen-bond donors (Lipinski definition) is 2. The minimum Gasteiger partial charge on any atom is -0.493 e. The van der Waals surface area contributed by atoms with Gasteiger partial charge in [0.2, 0.25) is 5.91 Å². The predicted molar refractivity (Wildman–Crippen MR) is 137 cm³/mol. The highest BCUT2D eigenvalue weighted by molar-refractivity contribution is 6.01. The normalized spacial score (nSPS) is 16.6. The summed E-state index contributed by atoms with van der Waals surface area (Å²) in [4.78, 5) is 40.4. The molecule has 1 atom stereocenters. The Morgan fingerprint density at radius 2 is 1.73 bits per heavy atom. The molecule has 194 valence electrons. The van der Waals surface area contributed by atoms with Crippen LogP contribution in [0.1, 0.15) is 39.0 Å². The summed E-state index contributed by atoms with van der Waals surface area (Å²) in [6, 6.07) is 16.6. The van der Waals surface area contributed by atoms with Crippen LogP contribution >= 0.6 is 0 Å². The van der Waals surface area contributed by atoms with Gasteiger partial charge in [-0.15, -0.1) is 0 Å². The van der Waals surface area contributed by atoms with Crippen molar-refractivity contribution in [2.24, 2.45) is 0 Å². The van der Waals surface area contributed by atoms with Crippen LogP contribution in [0, 0.1) is 0 Å². The average Bonchev–Trinajstić information content (AvgIpc) is 3.34. The number of ether oxygens (including phenoxy) is 2. The Morgan fingerprint density at radius 3 is 2.43 bits per heavy atom. The SMILES string of the molecule is COc1ccc(CCNC(=O)c2cc3n(n2)C[C@](C)(C(=O)NCc2ccccc2)N(C)C3=O)cc1OC. The van der Waals surface area contributed by atoms with E-state index in [1.807, 2.05) is 48.5 Å². The topological polar surface area (TPSA) is 115 Å². The summed E-state index contributed by atoms with van der Waals surface area (Å²) in [6.45, 7) is 2.53. The number of amides is 3. The van der Waals surface area contributed by atoms with Crippen LogP contribution in [-0.2, 0) is 24.3 Å². The molecule has 0 spiro atoms. The van der Waals surface area contributed by atoms with Crippen molar-refractivity contribution in [2.45, 2.75) is 32.0 Å². The number of rotatable bonds is 9. The number of likely N-dealkylation sites (N-methyl/N-ethyl adjacent to an activating group) is 1. The van der Waals surface area contributed by atoms with Crippen molar-refractivity contribution < 1.29 is 23.9 Å². The van der Waals surface area contributed by atoms with E-state index in [0.717, 1.165) is 11.1 Å². The van der Waals surface area contributed by atoms with Gasteiger partial charge in [0.1, 0.15) is 11.2 Å². The Hall–Kier alpha value is -4.34. The molecule has 3 aromatic rings. The summed E-state index contributed by atoms with van der Waals surface area (Å²) in [5.74, 6) is 0.184. The van der Waals surface area contributed by atoms with Crippen molar-refractivity contribution in [1.82, 2.24) is 25.3 Å². The van der Waals surface area contributed by atoms with E-state index in [-0.39, 0.29) is 29.7 Å². The summed E-state index contributed by atoms with van der Waals surface area (Å²) in [6.07, 6.45) is 0.570. The molecule has 0 saturated carbocycles. The van der Waals surface area contributed by atoms with Crippen LogP contribution in [-0.4, -0.2) is 65.8 Å². The van der Waals surface area contributed by atoms with Crippen LogP contribution in [0.4, 0.5) is 0 Å². The lowest BCUT2D eigenvalue weighted by atomic mass is 9.96. The minimum absolute atomic E-state index is 0.123. The van der Waals surface area contributed by atoms with Crippen LogP contribution in [0.3, 0.4) is 0 Å². The molecule has 0 bridgehead atoms. The summed E-state index contributed by atoms with van der Waals surface area (Å²) < 4.78 is 12.0. The second-order valence-electron chi connectivity index (χ2n) is 9.07. The van der Waals surface area contributed by atoms with E-state index in [2.05, 4.69) is 15.7 Å². The molecule has 4 rings (SSSR count). The summed E-state index contributed by atoms with van der Waals surface area (Å²) in [7, 11) is 4.73. The Morgan fingerprint density at radius 1 is 1.00 bits per heavy atom. The molecular formula is C27H31N5O5. The van der Waals surface area contributed by atoms with Gasteiger partial charge in [0.05, 0.1) is 20.8 Å². The van der Waals surface area contributed by atoms with Crippen molar-refractivity contribution >= 4 is 17.7 Å². The quantitative estimate of drug-likeness (QED) is 0.460. The molecule has 10 heteroatoms. The Labute approximate surface area is 215 Å². The number of aromatic nitrogens is 2. The Kier molecular flexibility index (Phi) is 7.47. The molecule has 37 heavy (non-hydrogen) atoms. The summed E-state index contributed by atoms with van der Waals surface area (Å²) in [5.41, 5.74) is 1.15. The van der Waals surface area contributed by atoms with E-state index >= 15 is 0 Å². The number of nitrogens with zero attached hydrogens (tertiary/aromatic N) is 3. The standard InChI is InChI=1S/C27H31N5O5/c1-27(26(35)29-16-19-8-6-5-7-9-19)17-32-21(25(34)31(27)2)15-20(30-32)24(33)28-13-12-18-10-11-22(36-3)23(14-18)37-4/h5-11,14-15H,12-13,16-17H2,1-4H3,(H,28,33)(H,29,35)/t27-/m1/s1. The maximum Gasteiger partial charge on any atom is 0.272 e. The summed E-state index contributed by atoms with van der Waals surface area (Å²) in [5, 5.41) is 10.1. The number of carbonyl (C=O) groups is 3. The molecule has 0 unspecified atom stereocenters. The van der Waals surface area contributed by atoms with Gasteiger partial charge in [0.25, 0.3) is 11.8 Å². The first-order valence-corrected chi connectivity index (χ1v) is 11.9. The molecule has 10 nitrogen and oxygen atoms in total. The first kappa shape index (κ1) is 25.7. The molecule has 3 amide bonds. The van der Waals surface area contributed by atoms with Crippen LogP contribution in [0.5, 0.6) is 11.5 Å². The third-order valence-electron chi connectivity index (χ3n) is 6.67. The van der Waals surface area contributed by atoms with Crippen LogP contribution in [0.25, 0.3) is 0 Å².